The molecule has 2 rings (SSSR count). The number of nitrogens with one attached hydrogen (secondary N) is 1. The highest BCUT2D eigenvalue weighted by Gasteiger charge is 2.17. The van der Waals surface area contributed by atoms with Gasteiger partial charge in [0.2, 0.25) is 0 Å². The predicted molar refractivity (Wildman–Crippen MR) is 85.3 cm³/mol. The van der Waals surface area contributed by atoms with Gasteiger partial charge in [-0.3, -0.25) is 0 Å². The molecule has 0 amide bonds. The Bertz CT molecular complexity index is 557. The fourth-order valence-electron chi connectivity index (χ4n) is 2.27. The van der Waals surface area contributed by atoms with Crippen LogP contribution in [0.4, 0.5) is 15.9 Å². The minimum atomic E-state index is -0.244. The first-order valence-electron chi connectivity index (χ1n) is 7.38. The van der Waals surface area contributed by atoms with Gasteiger partial charge in [-0.25, -0.2) is 9.37 Å². The number of anilines is 2. The van der Waals surface area contributed by atoms with Gasteiger partial charge in [-0.2, -0.15) is 0 Å². The Morgan fingerprint density at radius 2 is 1.95 bits per heavy atom. The topological polar surface area (TPSA) is 28.2 Å². The first-order valence-corrected chi connectivity index (χ1v) is 7.38. The van der Waals surface area contributed by atoms with Gasteiger partial charge in [-0.05, 0) is 31.7 Å². The first-order chi connectivity index (χ1) is 10.3. The second-order valence-electron chi connectivity index (χ2n) is 4.98. The Balaban J connectivity index is 2.39. The molecule has 1 heterocycles. The summed E-state index contributed by atoms with van der Waals surface area (Å²) >= 11 is 0. The van der Waals surface area contributed by atoms with Crippen molar-refractivity contribution in [3.63, 3.8) is 0 Å². The van der Waals surface area contributed by atoms with Crippen molar-refractivity contribution in [2.75, 3.05) is 18.5 Å². The average molecular weight is 287 g/mol. The van der Waals surface area contributed by atoms with E-state index in [1.165, 1.54) is 0 Å². The van der Waals surface area contributed by atoms with Gasteiger partial charge in [-0.15, -0.1) is 0 Å². The zero-order chi connectivity index (χ0) is 15.1. The molecule has 1 aromatic heterocycles. The summed E-state index contributed by atoms with van der Waals surface area (Å²) in [6.45, 7) is 3.38. The Morgan fingerprint density at radius 3 is 2.62 bits per heavy atom. The van der Waals surface area contributed by atoms with E-state index in [1.54, 1.807) is 12.3 Å². The SMILES string of the molecule is CCCCN(c1ccccc1)c1nccc(CNC)c1F. The highest BCUT2D eigenvalue weighted by molar-refractivity contribution is 5.60. The smallest absolute Gasteiger partial charge is 0.170 e. The number of rotatable bonds is 7. The number of hydrogen-bond acceptors (Lipinski definition) is 3. The Hall–Kier alpha value is -1.94. The third kappa shape index (κ3) is 3.79. The average Bonchev–Trinajstić information content (AvgIpc) is 2.52. The molecule has 0 fully saturated rings. The number of hydrogen-bond donors (Lipinski definition) is 1. The fourth-order valence-corrected chi connectivity index (χ4v) is 2.27. The summed E-state index contributed by atoms with van der Waals surface area (Å²) in [5.41, 5.74) is 1.61. The second-order valence-corrected chi connectivity index (χ2v) is 4.98. The van der Waals surface area contributed by atoms with E-state index in [0.29, 0.717) is 17.9 Å². The molecular formula is C17H22FN3. The van der Waals surface area contributed by atoms with Crippen LogP contribution in [-0.4, -0.2) is 18.6 Å². The predicted octanol–water partition coefficient (Wildman–Crippen LogP) is 3.88. The lowest BCUT2D eigenvalue weighted by Gasteiger charge is -2.24. The van der Waals surface area contributed by atoms with E-state index < -0.39 is 0 Å². The summed E-state index contributed by atoms with van der Waals surface area (Å²) in [6.07, 6.45) is 3.72. The molecule has 21 heavy (non-hydrogen) atoms. The molecular weight excluding hydrogens is 265 g/mol. The lowest BCUT2D eigenvalue weighted by Crippen LogP contribution is -2.22. The van der Waals surface area contributed by atoms with Crippen LogP contribution >= 0.6 is 0 Å². The van der Waals surface area contributed by atoms with Crippen LogP contribution in [0, 0.1) is 5.82 Å². The van der Waals surface area contributed by atoms with E-state index in [-0.39, 0.29) is 5.82 Å². The maximum Gasteiger partial charge on any atom is 0.170 e. The van der Waals surface area contributed by atoms with E-state index >= 15 is 0 Å². The van der Waals surface area contributed by atoms with E-state index in [0.717, 1.165) is 25.1 Å². The summed E-state index contributed by atoms with van der Waals surface area (Å²) in [5, 5.41) is 2.99. The van der Waals surface area contributed by atoms with Crippen molar-refractivity contribution in [2.24, 2.45) is 0 Å². The third-order valence-electron chi connectivity index (χ3n) is 3.38. The molecule has 0 aliphatic rings. The van der Waals surface area contributed by atoms with Crippen LogP contribution < -0.4 is 10.2 Å². The molecule has 1 aromatic carbocycles. The molecule has 3 nitrogen and oxygen atoms in total. The number of benzene rings is 1. The summed E-state index contributed by atoms with van der Waals surface area (Å²) in [4.78, 5) is 6.23. The van der Waals surface area contributed by atoms with Crippen LogP contribution in [0.3, 0.4) is 0 Å². The molecule has 4 heteroatoms. The molecule has 0 saturated heterocycles. The molecule has 0 bridgehead atoms. The van der Waals surface area contributed by atoms with Crippen LogP contribution in [0.15, 0.2) is 42.6 Å². The summed E-state index contributed by atoms with van der Waals surface area (Å²) in [6, 6.07) is 11.6. The molecule has 0 radical (unpaired) electrons. The lowest BCUT2D eigenvalue weighted by atomic mass is 10.2. The van der Waals surface area contributed by atoms with Gasteiger partial charge in [-0.1, -0.05) is 31.5 Å². The van der Waals surface area contributed by atoms with Gasteiger partial charge in [0.25, 0.3) is 0 Å². The largest absolute Gasteiger partial charge is 0.324 e. The zero-order valence-corrected chi connectivity index (χ0v) is 12.6. The summed E-state index contributed by atoms with van der Waals surface area (Å²) in [7, 11) is 1.81. The van der Waals surface area contributed by atoms with Crippen molar-refractivity contribution in [3.05, 3.63) is 54.0 Å². The molecule has 112 valence electrons. The second kappa shape index (κ2) is 7.74. The lowest BCUT2D eigenvalue weighted by molar-refractivity contribution is 0.590. The van der Waals surface area contributed by atoms with E-state index in [4.69, 9.17) is 0 Å². The standard InChI is InChI=1S/C17H22FN3/c1-3-4-12-21(15-8-6-5-7-9-15)17-16(18)14(13-19-2)10-11-20-17/h5-11,19H,3-4,12-13H2,1-2H3. The van der Waals surface area contributed by atoms with Gasteiger partial charge in [0, 0.05) is 30.5 Å². The Morgan fingerprint density at radius 1 is 1.19 bits per heavy atom. The fraction of sp³-hybridized carbons (Fsp3) is 0.353. The van der Waals surface area contributed by atoms with Crippen LogP contribution in [0.25, 0.3) is 0 Å². The van der Waals surface area contributed by atoms with Crippen molar-refractivity contribution in [3.8, 4) is 0 Å². The molecule has 1 N–H and O–H groups in total. The normalized spacial score (nSPS) is 10.6. The number of para-hydroxylation sites is 1. The Kier molecular flexibility index (Phi) is 5.69. The van der Waals surface area contributed by atoms with Gasteiger partial charge < -0.3 is 10.2 Å². The monoisotopic (exact) mass is 287 g/mol. The highest BCUT2D eigenvalue weighted by Crippen LogP contribution is 2.27. The van der Waals surface area contributed by atoms with Gasteiger partial charge >= 0.3 is 0 Å². The number of nitrogens with zero attached hydrogens (tertiary/aromatic N) is 2. The van der Waals surface area contributed by atoms with Crippen LogP contribution in [0.1, 0.15) is 25.3 Å². The van der Waals surface area contributed by atoms with E-state index in [9.17, 15) is 4.39 Å². The first kappa shape index (κ1) is 15.4. The number of unbranched alkanes of at least 4 members (excludes halogenated alkanes) is 1. The van der Waals surface area contributed by atoms with Crippen molar-refractivity contribution in [2.45, 2.75) is 26.3 Å². The molecule has 0 aliphatic heterocycles. The van der Waals surface area contributed by atoms with Gasteiger partial charge in [0.05, 0.1) is 0 Å². The molecule has 0 spiro atoms. The minimum absolute atomic E-state index is 0.244. The Labute approximate surface area is 125 Å². The quantitative estimate of drug-likeness (QED) is 0.837. The number of halogens is 1. The van der Waals surface area contributed by atoms with Crippen molar-refractivity contribution >= 4 is 11.5 Å². The van der Waals surface area contributed by atoms with Crippen LogP contribution in [0.5, 0.6) is 0 Å². The number of pyridine rings is 1. The van der Waals surface area contributed by atoms with Crippen LogP contribution in [0.2, 0.25) is 0 Å². The third-order valence-corrected chi connectivity index (χ3v) is 3.38. The van der Waals surface area contributed by atoms with Crippen molar-refractivity contribution in [1.29, 1.82) is 0 Å². The van der Waals surface area contributed by atoms with Crippen molar-refractivity contribution < 1.29 is 4.39 Å². The van der Waals surface area contributed by atoms with Crippen molar-refractivity contribution in [1.82, 2.24) is 10.3 Å². The number of aromatic nitrogens is 1. The highest BCUT2D eigenvalue weighted by atomic mass is 19.1. The molecule has 0 saturated carbocycles. The summed E-state index contributed by atoms with van der Waals surface area (Å²) in [5.74, 6) is 0.161. The molecule has 0 atom stereocenters. The maximum absolute atomic E-state index is 14.7. The summed E-state index contributed by atoms with van der Waals surface area (Å²) < 4.78 is 14.7. The minimum Gasteiger partial charge on any atom is -0.324 e. The van der Waals surface area contributed by atoms with Crippen LogP contribution in [-0.2, 0) is 6.54 Å². The van der Waals surface area contributed by atoms with E-state index in [1.807, 2.05) is 42.3 Å². The maximum atomic E-state index is 14.7. The molecule has 2 aromatic rings. The van der Waals surface area contributed by atoms with Gasteiger partial charge in [0.15, 0.2) is 11.6 Å². The zero-order valence-electron chi connectivity index (χ0n) is 12.6. The van der Waals surface area contributed by atoms with E-state index in [2.05, 4.69) is 17.2 Å². The van der Waals surface area contributed by atoms with Gasteiger partial charge in [0.1, 0.15) is 0 Å². The molecule has 0 unspecified atom stereocenters. The molecule has 0 aliphatic carbocycles.